The summed E-state index contributed by atoms with van der Waals surface area (Å²) in [4.78, 5) is 26.6. The number of halogens is 1. The molecule has 2 amide bonds. The van der Waals surface area contributed by atoms with Gasteiger partial charge in [-0.25, -0.2) is 0 Å². The first kappa shape index (κ1) is 18.3. The minimum atomic E-state index is -0.373. The molecular formula is C20H21ClN2O3. The Labute approximate surface area is 157 Å². The second kappa shape index (κ2) is 8.23. The average molecular weight is 373 g/mol. The van der Waals surface area contributed by atoms with E-state index in [0.717, 1.165) is 6.42 Å². The van der Waals surface area contributed by atoms with E-state index >= 15 is 0 Å². The molecule has 0 radical (unpaired) electrons. The van der Waals surface area contributed by atoms with E-state index < -0.39 is 0 Å². The molecule has 1 aliphatic heterocycles. The van der Waals surface area contributed by atoms with Crippen LogP contribution in [0.15, 0.2) is 48.5 Å². The molecule has 1 aliphatic rings. The van der Waals surface area contributed by atoms with Gasteiger partial charge in [-0.05, 0) is 30.2 Å². The molecule has 0 aliphatic carbocycles. The summed E-state index contributed by atoms with van der Waals surface area (Å²) in [6.45, 7) is 1.05. The molecule has 1 heterocycles. The first-order valence-corrected chi connectivity index (χ1v) is 8.90. The molecule has 5 nitrogen and oxygen atoms in total. The van der Waals surface area contributed by atoms with E-state index in [1.165, 1.54) is 12.7 Å². The van der Waals surface area contributed by atoms with E-state index in [1.54, 1.807) is 23.1 Å². The fourth-order valence-electron chi connectivity index (χ4n) is 3.09. The number of likely N-dealkylation sites (tertiary alicyclic amines) is 1. The normalized spacial score (nSPS) is 16.6. The third-order valence-electron chi connectivity index (χ3n) is 4.52. The average Bonchev–Trinajstić information content (AvgIpc) is 3.02. The summed E-state index contributed by atoms with van der Waals surface area (Å²) in [7, 11) is 1.53. The molecule has 2 aromatic carbocycles. The van der Waals surface area contributed by atoms with E-state index in [9.17, 15) is 9.59 Å². The highest BCUT2D eigenvalue weighted by Crippen LogP contribution is 2.29. The predicted molar refractivity (Wildman–Crippen MR) is 101 cm³/mol. The van der Waals surface area contributed by atoms with E-state index in [-0.39, 0.29) is 24.2 Å². The standard InChI is InChI=1S/C20H21ClN2O3/c1-26-18-8-7-16(21)12-17(18)22-20(25)15-11-19(24)23(13-15)10-9-14-5-3-2-4-6-14/h2-8,12,15H,9-11,13H2,1H3,(H,22,25)/t15-/m0/s1. The lowest BCUT2D eigenvalue weighted by Crippen LogP contribution is -2.30. The van der Waals surface area contributed by atoms with Crippen LogP contribution in [0.4, 0.5) is 5.69 Å². The van der Waals surface area contributed by atoms with Crippen molar-refractivity contribution < 1.29 is 14.3 Å². The Bertz CT molecular complexity index is 795. The number of rotatable bonds is 6. The lowest BCUT2D eigenvalue weighted by atomic mass is 10.1. The van der Waals surface area contributed by atoms with Crippen LogP contribution < -0.4 is 10.1 Å². The Kier molecular flexibility index (Phi) is 5.78. The van der Waals surface area contributed by atoms with Gasteiger partial charge in [-0.1, -0.05) is 41.9 Å². The van der Waals surface area contributed by atoms with Crippen LogP contribution in [-0.2, 0) is 16.0 Å². The summed E-state index contributed by atoms with van der Waals surface area (Å²) >= 11 is 5.99. The molecule has 0 aromatic heterocycles. The largest absolute Gasteiger partial charge is 0.495 e. The van der Waals surface area contributed by atoms with Crippen LogP contribution in [0.2, 0.25) is 5.02 Å². The lowest BCUT2D eigenvalue weighted by molar-refractivity contribution is -0.128. The molecule has 2 aromatic rings. The quantitative estimate of drug-likeness (QED) is 0.845. The van der Waals surface area contributed by atoms with Gasteiger partial charge in [-0.15, -0.1) is 0 Å². The fraction of sp³-hybridized carbons (Fsp3) is 0.300. The Morgan fingerprint density at radius 2 is 2.04 bits per heavy atom. The molecule has 0 unspecified atom stereocenters. The summed E-state index contributed by atoms with van der Waals surface area (Å²) in [6, 6.07) is 15.0. The minimum absolute atomic E-state index is 0.0131. The number of carbonyl (C=O) groups excluding carboxylic acids is 2. The van der Waals surface area contributed by atoms with Gasteiger partial charge in [0.15, 0.2) is 0 Å². The Morgan fingerprint density at radius 1 is 1.27 bits per heavy atom. The third kappa shape index (κ3) is 4.35. The van der Waals surface area contributed by atoms with Crippen LogP contribution >= 0.6 is 11.6 Å². The van der Waals surface area contributed by atoms with Crippen molar-refractivity contribution in [2.75, 3.05) is 25.5 Å². The molecule has 1 saturated heterocycles. The molecular weight excluding hydrogens is 352 g/mol. The number of nitrogens with one attached hydrogen (secondary N) is 1. The zero-order valence-corrected chi connectivity index (χ0v) is 15.3. The van der Waals surface area contributed by atoms with Crippen LogP contribution in [0, 0.1) is 5.92 Å². The second-order valence-electron chi connectivity index (χ2n) is 6.31. The van der Waals surface area contributed by atoms with Crippen molar-refractivity contribution in [1.82, 2.24) is 4.90 Å². The molecule has 3 rings (SSSR count). The number of anilines is 1. The van der Waals surface area contributed by atoms with Gasteiger partial charge in [-0.3, -0.25) is 9.59 Å². The number of carbonyl (C=O) groups is 2. The predicted octanol–water partition coefficient (Wildman–Crippen LogP) is 3.38. The molecule has 0 spiro atoms. The molecule has 6 heteroatoms. The van der Waals surface area contributed by atoms with Crippen LogP contribution in [-0.4, -0.2) is 36.9 Å². The first-order chi connectivity index (χ1) is 12.6. The van der Waals surface area contributed by atoms with Crippen LogP contribution in [0.3, 0.4) is 0 Å². The molecule has 1 fully saturated rings. The van der Waals surface area contributed by atoms with Crippen LogP contribution in [0.25, 0.3) is 0 Å². The first-order valence-electron chi connectivity index (χ1n) is 8.53. The summed E-state index contributed by atoms with van der Waals surface area (Å²) in [6.07, 6.45) is 1.01. The highest BCUT2D eigenvalue weighted by molar-refractivity contribution is 6.31. The van der Waals surface area contributed by atoms with E-state index in [0.29, 0.717) is 29.5 Å². The SMILES string of the molecule is COc1ccc(Cl)cc1NC(=O)[C@H]1CC(=O)N(CCc2ccccc2)C1. The summed E-state index contributed by atoms with van der Waals surface area (Å²) < 4.78 is 5.24. The molecule has 0 bridgehead atoms. The van der Waals surface area contributed by atoms with Gasteiger partial charge >= 0.3 is 0 Å². The molecule has 26 heavy (non-hydrogen) atoms. The number of amides is 2. The van der Waals surface area contributed by atoms with Crippen molar-refractivity contribution in [3.63, 3.8) is 0 Å². The lowest BCUT2D eigenvalue weighted by Gasteiger charge is -2.17. The minimum Gasteiger partial charge on any atom is -0.495 e. The van der Waals surface area contributed by atoms with Gasteiger partial charge in [-0.2, -0.15) is 0 Å². The maximum atomic E-state index is 12.6. The number of hydrogen-bond acceptors (Lipinski definition) is 3. The number of benzene rings is 2. The van der Waals surface area contributed by atoms with Crippen molar-refractivity contribution in [2.45, 2.75) is 12.8 Å². The van der Waals surface area contributed by atoms with E-state index in [4.69, 9.17) is 16.3 Å². The van der Waals surface area contributed by atoms with Crippen molar-refractivity contribution in [1.29, 1.82) is 0 Å². The van der Waals surface area contributed by atoms with Gasteiger partial charge in [0, 0.05) is 24.5 Å². The topological polar surface area (TPSA) is 58.6 Å². The number of methoxy groups -OCH3 is 1. The number of hydrogen-bond donors (Lipinski definition) is 1. The highest BCUT2D eigenvalue weighted by Gasteiger charge is 2.34. The van der Waals surface area contributed by atoms with Gasteiger partial charge in [0.1, 0.15) is 5.75 Å². The zero-order chi connectivity index (χ0) is 18.5. The monoisotopic (exact) mass is 372 g/mol. The Morgan fingerprint density at radius 3 is 2.77 bits per heavy atom. The van der Waals surface area contributed by atoms with Gasteiger partial charge in [0.05, 0.1) is 18.7 Å². The third-order valence-corrected chi connectivity index (χ3v) is 4.75. The summed E-state index contributed by atoms with van der Waals surface area (Å²) in [5.74, 6) is -0.0183. The Balaban J connectivity index is 1.59. The van der Waals surface area contributed by atoms with Crippen molar-refractivity contribution >= 4 is 29.1 Å². The van der Waals surface area contributed by atoms with E-state index in [2.05, 4.69) is 5.32 Å². The molecule has 1 N–H and O–H groups in total. The maximum Gasteiger partial charge on any atom is 0.229 e. The fourth-order valence-corrected chi connectivity index (χ4v) is 3.26. The molecule has 0 saturated carbocycles. The van der Waals surface area contributed by atoms with Crippen molar-refractivity contribution in [2.24, 2.45) is 5.92 Å². The highest BCUT2D eigenvalue weighted by atomic mass is 35.5. The summed E-state index contributed by atoms with van der Waals surface area (Å²) in [5, 5.41) is 3.34. The van der Waals surface area contributed by atoms with Crippen molar-refractivity contribution in [3.8, 4) is 5.75 Å². The second-order valence-corrected chi connectivity index (χ2v) is 6.75. The number of ether oxygens (including phenoxy) is 1. The van der Waals surface area contributed by atoms with Crippen molar-refractivity contribution in [3.05, 3.63) is 59.1 Å². The van der Waals surface area contributed by atoms with Gasteiger partial charge < -0.3 is 15.0 Å². The van der Waals surface area contributed by atoms with Crippen LogP contribution in [0.5, 0.6) is 5.75 Å². The molecule has 136 valence electrons. The maximum absolute atomic E-state index is 12.6. The van der Waals surface area contributed by atoms with E-state index in [1.807, 2.05) is 30.3 Å². The summed E-state index contributed by atoms with van der Waals surface area (Å²) in [5.41, 5.74) is 1.69. The number of nitrogens with zero attached hydrogens (tertiary/aromatic N) is 1. The van der Waals surface area contributed by atoms with Gasteiger partial charge in [0.2, 0.25) is 11.8 Å². The van der Waals surface area contributed by atoms with Crippen LogP contribution in [0.1, 0.15) is 12.0 Å². The zero-order valence-electron chi connectivity index (χ0n) is 14.6. The molecule has 1 atom stereocenters. The Hall–Kier alpha value is -2.53. The van der Waals surface area contributed by atoms with Gasteiger partial charge in [0.25, 0.3) is 0 Å². The smallest absolute Gasteiger partial charge is 0.229 e.